The van der Waals surface area contributed by atoms with Gasteiger partial charge in [0.1, 0.15) is 17.2 Å². The van der Waals surface area contributed by atoms with Crippen molar-refractivity contribution in [3.8, 4) is 0 Å². The van der Waals surface area contributed by atoms with Crippen LogP contribution in [0.15, 0.2) is 39.3 Å². The zero-order valence-electron chi connectivity index (χ0n) is 10.3. The van der Waals surface area contributed by atoms with Crippen molar-refractivity contribution in [2.75, 3.05) is 5.32 Å². The molecule has 0 fully saturated rings. The molecule has 2 rings (SSSR count). The zero-order valence-corrected chi connectivity index (χ0v) is 13.5. The lowest BCUT2D eigenvalue weighted by molar-refractivity contribution is 0.101. The molecule has 1 N–H and O–H groups in total. The molecule has 0 heterocycles. The fourth-order valence-corrected chi connectivity index (χ4v) is 2.43. The molecule has 0 aliphatic carbocycles. The molecule has 0 bridgehead atoms. The number of aryl methyl sites for hydroxylation is 1. The third kappa shape index (κ3) is 3.24. The first kappa shape index (κ1) is 15.1. The van der Waals surface area contributed by atoms with Crippen molar-refractivity contribution >= 4 is 43.5 Å². The van der Waals surface area contributed by atoms with E-state index < -0.39 is 23.1 Å². The van der Waals surface area contributed by atoms with Gasteiger partial charge < -0.3 is 5.32 Å². The van der Waals surface area contributed by atoms with Crippen LogP contribution in [0.2, 0.25) is 0 Å². The van der Waals surface area contributed by atoms with Crippen molar-refractivity contribution in [1.29, 1.82) is 0 Å². The average molecular weight is 405 g/mol. The van der Waals surface area contributed by atoms with E-state index in [1.165, 1.54) is 0 Å². The second kappa shape index (κ2) is 6.01. The smallest absolute Gasteiger partial charge is 0.261 e. The molecule has 1 amide bonds. The number of benzene rings is 2. The van der Waals surface area contributed by atoms with E-state index in [4.69, 9.17) is 0 Å². The van der Waals surface area contributed by atoms with E-state index in [0.29, 0.717) is 10.2 Å². The number of hydrogen-bond donors (Lipinski definition) is 1. The first-order chi connectivity index (χ1) is 9.38. The van der Waals surface area contributed by atoms with Crippen LogP contribution < -0.4 is 5.32 Å². The van der Waals surface area contributed by atoms with Crippen molar-refractivity contribution in [2.24, 2.45) is 0 Å². The van der Waals surface area contributed by atoms with E-state index in [-0.39, 0.29) is 4.47 Å². The fourth-order valence-electron chi connectivity index (χ4n) is 1.68. The highest BCUT2D eigenvalue weighted by molar-refractivity contribution is 9.10. The molecule has 0 unspecified atom stereocenters. The SMILES string of the molecule is Cc1ccc(Br)c(NC(=O)c2c(F)cc(Br)cc2F)c1. The summed E-state index contributed by atoms with van der Waals surface area (Å²) < 4.78 is 28.3. The number of amides is 1. The molecule has 20 heavy (non-hydrogen) atoms. The van der Waals surface area contributed by atoms with Crippen molar-refractivity contribution in [3.63, 3.8) is 0 Å². The first-order valence-electron chi connectivity index (χ1n) is 5.60. The summed E-state index contributed by atoms with van der Waals surface area (Å²) in [6.45, 7) is 1.85. The second-order valence-electron chi connectivity index (χ2n) is 4.18. The predicted molar refractivity (Wildman–Crippen MR) is 80.9 cm³/mol. The van der Waals surface area contributed by atoms with Crippen molar-refractivity contribution in [3.05, 3.63) is 62.0 Å². The first-order valence-corrected chi connectivity index (χ1v) is 7.19. The third-order valence-electron chi connectivity index (χ3n) is 2.60. The second-order valence-corrected chi connectivity index (χ2v) is 5.95. The molecule has 0 saturated heterocycles. The number of rotatable bonds is 2. The van der Waals surface area contributed by atoms with E-state index in [1.807, 2.05) is 13.0 Å². The molecule has 0 aliphatic heterocycles. The van der Waals surface area contributed by atoms with Gasteiger partial charge in [0, 0.05) is 8.95 Å². The van der Waals surface area contributed by atoms with Gasteiger partial charge in [-0.1, -0.05) is 22.0 Å². The van der Waals surface area contributed by atoms with Gasteiger partial charge in [-0.25, -0.2) is 8.78 Å². The van der Waals surface area contributed by atoms with Crippen LogP contribution in [0.25, 0.3) is 0 Å². The van der Waals surface area contributed by atoms with Gasteiger partial charge in [-0.15, -0.1) is 0 Å². The molecule has 6 heteroatoms. The quantitative estimate of drug-likeness (QED) is 0.745. The molecular weight excluding hydrogens is 396 g/mol. The number of anilines is 1. The lowest BCUT2D eigenvalue weighted by atomic mass is 10.1. The largest absolute Gasteiger partial charge is 0.321 e. The predicted octanol–water partition coefficient (Wildman–Crippen LogP) is 5.05. The number of hydrogen-bond acceptors (Lipinski definition) is 1. The minimum atomic E-state index is -0.918. The lowest BCUT2D eigenvalue weighted by Gasteiger charge is -2.10. The maximum Gasteiger partial charge on any atom is 0.261 e. The van der Waals surface area contributed by atoms with Crippen molar-refractivity contribution in [2.45, 2.75) is 6.92 Å². The monoisotopic (exact) mass is 403 g/mol. The van der Waals surface area contributed by atoms with Crippen LogP contribution in [-0.2, 0) is 0 Å². The molecule has 104 valence electrons. The molecule has 0 aromatic heterocycles. The van der Waals surface area contributed by atoms with Gasteiger partial charge in [0.15, 0.2) is 0 Å². The Balaban J connectivity index is 2.36. The van der Waals surface area contributed by atoms with Crippen LogP contribution in [0.1, 0.15) is 15.9 Å². The summed E-state index contributed by atoms with van der Waals surface area (Å²) >= 11 is 6.24. The van der Waals surface area contributed by atoms with E-state index >= 15 is 0 Å². The number of nitrogens with one attached hydrogen (secondary N) is 1. The Bertz CT molecular complexity index is 666. The van der Waals surface area contributed by atoms with Crippen molar-refractivity contribution in [1.82, 2.24) is 0 Å². The van der Waals surface area contributed by atoms with Crippen LogP contribution in [0.5, 0.6) is 0 Å². The minimum Gasteiger partial charge on any atom is -0.321 e. The molecule has 0 spiro atoms. The Morgan fingerprint density at radius 2 is 1.70 bits per heavy atom. The van der Waals surface area contributed by atoms with E-state index in [2.05, 4.69) is 37.2 Å². The normalized spacial score (nSPS) is 10.4. The van der Waals surface area contributed by atoms with Gasteiger partial charge in [-0.2, -0.15) is 0 Å². The van der Waals surface area contributed by atoms with Gasteiger partial charge in [-0.3, -0.25) is 4.79 Å². The Labute approximate surface area is 131 Å². The van der Waals surface area contributed by atoms with E-state index in [1.54, 1.807) is 12.1 Å². The van der Waals surface area contributed by atoms with Gasteiger partial charge in [0.25, 0.3) is 5.91 Å². The summed E-state index contributed by atoms with van der Waals surface area (Å²) in [5.41, 5.74) is 0.763. The molecule has 0 radical (unpaired) electrons. The van der Waals surface area contributed by atoms with E-state index in [0.717, 1.165) is 17.7 Å². The molecular formula is C14H9Br2F2NO. The van der Waals surface area contributed by atoms with Crippen molar-refractivity contribution < 1.29 is 13.6 Å². The van der Waals surface area contributed by atoms with Crippen LogP contribution in [0, 0.1) is 18.6 Å². The third-order valence-corrected chi connectivity index (χ3v) is 3.75. The van der Waals surface area contributed by atoms with Crippen LogP contribution >= 0.6 is 31.9 Å². The minimum absolute atomic E-state index is 0.237. The molecule has 2 nitrogen and oxygen atoms in total. The highest BCUT2D eigenvalue weighted by atomic mass is 79.9. The summed E-state index contributed by atoms with van der Waals surface area (Å²) in [5, 5.41) is 2.49. The highest BCUT2D eigenvalue weighted by Gasteiger charge is 2.19. The van der Waals surface area contributed by atoms with Gasteiger partial charge in [-0.05, 0) is 52.7 Å². The average Bonchev–Trinajstić information content (AvgIpc) is 2.32. The Hall–Kier alpha value is -1.27. The van der Waals surface area contributed by atoms with E-state index in [9.17, 15) is 13.6 Å². The molecule has 2 aromatic rings. The Morgan fingerprint density at radius 3 is 2.30 bits per heavy atom. The Morgan fingerprint density at radius 1 is 1.10 bits per heavy atom. The molecule has 0 saturated carbocycles. The summed E-state index contributed by atoms with van der Waals surface area (Å²) in [7, 11) is 0. The number of halogens is 4. The van der Waals surface area contributed by atoms with Gasteiger partial charge in [0.2, 0.25) is 0 Å². The maximum atomic E-state index is 13.7. The Kier molecular flexibility index (Phi) is 4.55. The standard InChI is InChI=1S/C14H9Br2F2NO/c1-7-2-3-9(16)12(4-7)19-14(20)13-10(17)5-8(15)6-11(13)18/h2-6H,1H3,(H,19,20). The fraction of sp³-hybridized carbons (Fsp3) is 0.0714. The number of carbonyl (C=O) groups excluding carboxylic acids is 1. The lowest BCUT2D eigenvalue weighted by Crippen LogP contribution is -2.16. The van der Waals surface area contributed by atoms with Crippen LogP contribution in [0.4, 0.5) is 14.5 Å². The summed E-state index contributed by atoms with van der Waals surface area (Å²) in [6, 6.07) is 7.39. The molecule has 2 aromatic carbocycles. The zero-order chi connectivity index (χ0) is 14.9. The molecule has 0 atom stereocenters. The summed E-state index contributed by atoms with van der Waals surface area (Å²) in [6.07, 6.45) is 0. The van der Waals surface area contributed by atoms with Gasteiger partial charge >= 0.3 is 0 Å². The summed E-state index contributed by atoms with van der Waals surface area (Å²) in [5.74, 6) is -2.67. The maximum absolute atomic E-state index is 13.7. The van der Waals surface area contributed by atoms with Gasteiger partial charge in [0.05, 0.1) is 5.69 Å². The number of carbonyl (C=O) groups is 1. The molecule has 0 aliphatic rings. The van der Waals surface area contributed by atoms with Crippen LogP contribution in [-0.4, -0.2) is 5.91 Å². The highest BCUT2D eigenvalue weighted by Crippen LogP contribution is 2.25. The summed E-state index contributed by atoms with van der Waals surface area (Å²) in [4.78, 5) is 12.0. The topological polar surface area (TPSA) is 29.1 Å². The van der Waals surface area contributed by atoms with Crippen LogP contribution in [0.3, 0.4) is 0 Å².